The maximum atomic E-state index is 12.4. The minimum absolute atomic E-state index is 0. The second-order valence-corrected chi connectivity index (χ2v) is 8.15. The molecule has 1 amide bonds. The van der Waals surface area contributed by atoms with Gasteiger partial charge in [-0.05, 0) is 31.2 Å². The number of aromatic amines is 1. The van der Waals surface area contributed by atoms with Crippen LogP contribution in [0.5, 0.6) is 0 Å². The fraction of sp³-hybridized carbons (Fsp3) is 0.667. The Hall–Kier alpha value is -1.09. The van der Waals surface area contributed by atoms with Crippen LogP contribution in [0.1, 0.15) is 43.6 Å². The van der Waals surface area contributed by atoms with E-state index in [0.29, 0.717) is 18.0 Å². The molecule has 9 heteroatoms. The van der Waals surface area contributed by atoms with Crippen molar-refractivity contribution in [3.63, 3.8) is 0 Å². The first-order valence-corrected chi connectivity index (χ1v) is 9.52. The average molecular weight is 379 g/mol. The van der Waals surface area contributed by atoms with Crippen molar-refractivity contribution in [1.29, 1.82) is 0 Å². The van der Waals surface area contributed by atoms with Crippen molar-refractivity contribution >= 4 is 28.3 Å². The number of sulfonamides is 1. The molecule has 4 N–H and O–H groups in total. The number of H-pyrrole nitrogens is 1. The number of carbonyl (C=O) groups excluding carboxylic acids is 1. The molecule has 0 saturated carbocycles. The normalized spacial score (nSPS) is 16.2. The van der Waals surface area contributed by atoms with Crippen LogP contribution in [0, 0.1) is 5.92 Å². The van der Waals surface area contributed by atoms with Crippen LogP contribution in [0.4, 0.5) is 0 Å². The van der Waals surface area contributed by atoms with Crippen molar-refractivity contribution in [2.45, 2.75) is 44.0 Å². The van der Waals surface area contributed by atoms with E-state index in [2.05, 4.69) is 9.71 Å². The molecule has 1 aromatic heterocycles. The lowest BCUT2D eigenvalue weighted by atomic mass is 10.1. The third-order valence-electron chi connectivity index (χ3n) is 3.95. The number of nitrogens with two attached hydrogens (primary N) is 1. The standard InChI is InChI=1S/C15H26N4O3S.ClH/c1-11(2)7-12(9-16)18-23(21,22)13-8-14(17-10-13)15(20)19-5-3-4-6-19;/h8,10-12,17-18H,3-7,9,16H2,1-2H3;1H. The molecule has 1 fully saturated rings. The number of aromatic nitrogens is 1. The Bertz CT molecular complexity index is 639. The van der Waals surface area contributed by atoms with Gasteiger partial charge in [-0.3, -0.25) is 4.79 Å². The van der Waals surface area contributed by atoms with E-state index in [1.807, 2.05) is 13.8 Å². The van der Waals surface area contributed by atoms with Gasteiger partial charge in [0.15, 0.2) is 0 Å². The molecule has 0 aromatic carbocycles. The highest BCUT2D eigenvalue weighted by Gasteiger charge is 2.25. The first kappa shape index (κ1) is 21.0. The molecular weight excluding hydrogens is 352 g/mol. The summed E-state index contributed by atoms with van der Waals surface area (Å²) in [7, 11) is -3.69. The van der Waals surface area contributed by atoms with Crippen LogP contribution in [0.15, 0.2) is 17.2 Å². The molecule has 1 unspecified atom stereocenters. The van der Waals surface area contributed by atoms with E-state index in [9.17, 15) is 13.2 Å². The summed E-state index contributed by atoms with van der Waals surface area (Å²) >= 11 is 0. The van der Waals surface area contributed by atoms with Crippen molar-refractivity contribution in [2.75, 3.05) is 19.6 Å². The summed E-state index contributed by atoms with van der Waals surface area (Å²) in [6.07, 6.45) is 4.01. The van der Waals surface area contributed by atoms with Crippen molar-refractivity contribution in [1.82, 2.24) is 14.6 Å². The molecule has 24 heavy (non-hydrogen) atoms. The van der Waals surface area contributed by atoms with Gasteiger partial charge in [-0.25, -0.2) is 13.1 Å². The zero-order chi connectivity index (χ0) is 17.0. The zero-order valence-corrected chi connectivity index (χ0v) is 15.8. The predicted octanol–water partition coefficient (Wildman–Crippen LogP) is 1.32. The molecule has 0 spiro atoms. The van der Waals surface area contributed by atoms with Crippen LogP contribution < -0.4 is 10.5 Å². The minimum atomic E-state index is -3.69. The van der Waals surface area contributed by atoms with E-state index in [1.165, 1.54) is 12.3 Å². The Morgan fingerprint density at radius 1 is 1.38 bits per heavy atom. The number of hydrogen-bond donors (Lipinski definition) is 3. The highest BCUT2D eigenvalue weighted by atomic mass is 35.5. The van der Waals surface area contributed by atoms with E-state index in [1.54, 1.807) is 4.90 Å². The fourth-order valence-electron chi connectivity index (χ4n) is 2.79. The van der Waals surface area contributed by atoms with Gasteiger partial charge in [-0.2, -0.15) is 0 Å². The lowest BCUT2D eigenvalue weighted by Gasteiger charge is -2.18. The molecule has 2 heterocycles. The predicted molar refractivity (Wildman–Crippen MR) is 95.8 cm³/mol. The second-order valence-electron chi connectivity index (χ2n) is 6.43. The molecular formula is C15H27ClN4O3S. The van der Waals surface area contributed by atoms with Crippen LogP contribution in [0.25, 0.3) is 0 Å². The van der Waals surface area contributed by atoms with Gasteiger partial charge in [0.05, 0.1) is 0 Å². The number of likely N-dealkylation sites (tertiary alicyclic amines) is 1. The quantitative estimate of drug-likeness (QED) is 0.664. The number of amides is 1. The minimum Gasteiger partial charge on any atom is -0.356 e. The Morgan fingerprint density at radius 2 is 2.00 bits per heavy atom. The molecule has 7 nitrogen and oxygen atoms in total. The van der Waals surface area contributed by atoms with E-state index < -0.39 is 10.0 Å². The summed E-state index contributed by atoms with van der Waals surface area (Å²) in [6.45, 7) is 5.71. The number of rotatable bonds is 7. The molecule has 1 aliphatic heterocycles. The molecule has 1 aliphatic rings. The number of halogens is 1. The Morgan fingerprint density at radius 3 is 2.54 bits per heavy atom. The molecule has 1 atom stereocenters. The Labute approximate surface area is 149 Å². The second kappa shape index (κ2) is 8.84. The van der Waals surface area contributed by atoms with Crippen LogP contribution >= 0.6 is 12.4 Å². The molecule has 2 rings (SSSR count). The van der Waals surface area contributed by atoms with Crippen LogP contribution in [-0.4, -0.2) is 49.9 Å². The zero-order valence-electron chi connectivity index (χ0n) is 14.1. The number of nitrogens with zero attached hydrogens (tertiary/aromatic N) is 1. The molecule has 1 aromatic rings. The summed E-state index contributed by atoms with van der Waals surface area (Å²) in [5.41, 5.74) is 5.95. The lowest BCUT2D eigenvalue weighted by molar-refractivity contribution is 0.0787. The summed E-state index contributed by atoms with van der Waals surface area (Å²) < 4.78 is 27.5. The molecule has 0 aliphatic carbocycles. The van der Waals surface area contributed by atoms with Gasteiger partial charge in [0.25, 0.3) is 5.91 Å². The van der Waals surface area contributed by atoms with Gasteiger partial charge < -0.3 is 15.6 Å². The lowest BCUT2D eigenvalue weighted by Crippen LogP contribution is -2.40. The Kier molecular flexibility index (Phi) is 7.72. The third-order valence-corrected chi connectivity index (χ3v) is 5.45. The van der Waals surface area contributed by atoms with Crippen LogP contribution in [0.3, 0.4) is 0 Å². The topological polar surface area (TPSA) is 108 Å². The Balaban J connectivity index is 0.00000288. The van der Waals surface area contributed by atoms with Crippen molar-refractivity contribution < 1.29 is 13.2 Å². The average Bonchev–Trinajstić information content (AvgIpc) is 3.16. The SMILES string of the molecule is CC(C)CC(CN)NS(=O)(=O)c1c[nH]c(C(=O)N2CCCC2)c1.Cl. The maximum Gasteiger partial charge on any atom is 0.270 e. The largest absolute Gasteiger partial charge is 0.356 e. The highest BCUT2D eigenvalue weighted by Crippen LogP contribution is 2.17. The van der Waals surface area contributed by atoms with Gasteiger partial charge in [0.2, 0.25) is 10.0 Å². The van der Waals surface area contributed by atoms with Gasteiger partial charge in [0.1, 0.15) is 10.6 Å². The van der Waals surface area contributed by atoms with E-state index in [-0.39, 0.29) is 35.8 Å². The molecule has 0 radical (unpaired) electrons. The van der Waals surface area contributed by atoms with Crippen molar-refractivity contribution in [2.24, 2.45) is 11.7 Å². The third kappa shape index (κ3) is 5.20. The van der Waals surface area contributed by atoms with E-state index >= 15 is 0 Å². The number of carbonyl (C=O) groups is 1. The highest BCUT2D eigenvalue weighted by molar-refractivity contribution is 7.89. The summed E-state index contributed by atoms with van der Waals surface area (Å²) in [5, 5.41) is 0. The summed E-state index contributed by atoms with van der Waals surface area (Å²) in [6, 6.07) is 1.08. The van der Waals surface area contributed by atoms with Gasteiger partial charge in [-0.1, -0.05) is 13.8 Å². The number of nitrogens with one attached hydrogen (secondary N) is 2. The van der Waals surface area contributed by atoms with Crippen molar-refractivity contribution in [3.8, 4) is 0 Å². The molecule has 138 valence electrons. The van der Waals surface area contributed by atoms with Gasteiger partial charge in [0, 0.05) is 31.9 Å². The fourth-order valence-corrected chi connectivity index (χ4v) is 4.05. The first-order valence-electron chi connectivity index (χ1n) is 8.03. The monoisotopic (exact) mass is 378 g/mol. The van der Waals surface area contributed by atoms with Crippen LogP contribution in [-0.2, 0) is 10.0 Å². The summed E-state index contributed by atoms with van der Waals surface area (Å²) in [5.74, 6) is 0.186. The number of hydrogen-bond acceptors (Lipinski definition) is 4. The van der Waals surface area contributed by atoms with Gasteiger partial charge in [-0.15, -0.1) is 12.4 Å². The molecule has 1 saturated heterocycles. The first-order chi connectivity index (χ1) is 10.8. The van der Waals surface area contributed by atoms with E-state index in [0.717, 1.165) is 25.9 Å². The molecule has 0 bridgehead atoms. The maximum absolute atomic E-state index is 12.4. The van der Waals surface area contributed by atoms with Crippen LogP contribution in [0.2, 0.25) is 0 Å². The van der Waals surface area contributed by atoms with E-state index in [4.69, 9.17) is 5.73 Å². The smallest absolute Gasteiger partial charge is 0.270 e. The summed E-state index contributed by atoms with van der Waals surface area (Å²) in [4.78, 5) is 16.9. The van der Waals surface area contributed by atoms with Gasteiger partial charge >= 0.3 is 0 Å². The van der Waals surface area contributed by atoms with Crippen molar-refractivity contribution in [3.05, 3.63) is 18.0 Å².